The molecule has 98 valence electrons. The van der Waals surface area contributed by atoms with Gasteiger partial charge in [0.15, 0.2) is 0 Å². The average Bonchev–Trinajstić information content (AvgIpc) is 2.48. The average molecular weight is 256 g/mol. The zero-order chi connectivity index (χ0) is 13.7. The number of nitrogens with two attached hydrogens (primary N) is 1. The molecule has 4 heteroatoms. The van der Waals surface area contributed by atoms with Crippen LogP contribution in [0.4, 0.5) is 0 Å². The fourth-order valence-corrected chi connectivity index (χ4v) is 1.86. The number of benzene rings is 1. The highest BCUT2D eigenvalue weighted by Crippen LogP contribution is 2.15. The molecule has 0 aliphatic carbocycles. The largest absolute Gasteiger partial charge is 0.465 e. The maximum Gasteiger partial charge on any atom is 0.337 e. The van der Waals surface area contributed by atoms with Gasteiger partial charge in [-0.15, -0.1) is 0 Å². The Morgan fingerprint density at radius 1 is 1.32 bits per heavy atom. The molecule has 1 heterocycles. The first kappa shape index (κ1) is 13.2. The molecule has 2 N–H and O–H groups in total. The highest BCUT2D eigenvalue weighted by Gasteiger charge is 2.08. The van der Waals surface area contributed by atoms with Gasteiger partial charge in [0.05, 0.1) is 12.7 Å². The van der Waals surface area contributed by atoms with Crippen molar-refractivity contribution in [2.24, 2.45) is 5.73 Å². The van der Waals surface area contributed by atoms with Crippen LogP contribution in [0.1, 0.15) is 27.5 Å². The van der Waals surface area contributed by atoms with Gasteiger partial charge in [-0.05, 0) is 35.7 Å². The van der Waals surface area contributed by atoms with E-state index in [-0.39, 0.29) is 12.0 Å². The number of esters is 1. The molecule has 2 aromatic rings. The van der Waals surface area contributed by atoms with E-state index in [4.69, 9.17) is 5.73 Å². The minimum absolute atomic E-state index is 0.0994. The molecule has 0 aliphatic heterocycles. The van der Waals surface area contributed by atoms with Gasteiger partial charge in [0, 0.05) is 18.4 Å². The number of ether oxygens (including phenoxy) is 1. The standard InChI is InChI=1S/C15H16N2O2/c1-19-15(18)12-6-4-11(5-7-12)9-14(16)13-3-2-8-17-10-13/h2-8,10,14H,9,16H2,1H3. The summed E-state index contributed by atoms with van der Waals surface area (Å²) in [7, 11) is 1.37. The molecule has 0 radical (unpaired) electrons. The topological polar surface area (TPSA) is 65.2 Å². The molecule has 1 atom stereocenters. The third-order valence-electron chi connectivity index (χ3n) is 2.94. The molecule has 1 aromatic heterocycles. The maximum absolute atomic E-state index is 11.3. The van der Waals surface area contributed by atoms with E-state index >= 15 is 0 Å². The summed E-state index contributed by atoms with van der Waals surface area (Å²) in [6.45, 7) is 0. The molecular formula is C15H16N2O2. The monoisotopic (exact) mass is 256 g/mol. The van der Waals surface area contributed by atoms with Gasteiger partial charge in [0.1, 0.15) is 0 Å². The zero-order valence-corrected chi connectivity index (χ0v) is 10.7. The van der Waals surface area contributed by atoms with Crippen molar-refractivity contribution < 1.29 is 9.53 Å². The van der Waals surface area contributed by atoms with E-state index in [9.17, 15) is 4.79 Å². The number of carbonyl (C=O) groups excluding carboxylic acids is 1. The zero-order valence-electron chi connectivity index (χ0n) is 10.7. The molecule has 0 saturated carbocycles. The number of methoxy groups -OCH3 is 1. The summed E-state index contributed by atoms with van der Waals surface area (Å²) in [5.41, 5.74) is 8.73. The number of hydrogen-bond acceptors (Lipinski definition) is 4. The van der Waals surface area contributed by atoms with Gasteiger partial charge in [-0.25, -0.2) is 4.79 Å². The van der Waals surface area contributed by atoms with Crippen molar-refractivity contribution in [2.45, 2.75) is 12.5 Å². The number of carbonyl (C=O) groups is 1. The van der Waals surface area contributed by atoms with E-state index in [1.807, 2.05) is 24.3 Å². The van der Waals surface area contributed by atoms with Crippen LogP contribution in [0.25, 0.3) is 0 Å². The Morgan fingerprint density at radius 2 is 2.05 bits per heavy atom. The second-order valence-electron chi connectivity index (χ2n) is 4.29. The van der Waals surface area contributed by atoms with E-state index in [0.717, 1.165) is 11.1 Å². The highest BCUT2D eigenvalue weighted by atomic mass is 16.5. The van der Waals surface area contributed by atoms with E-state index in [1.54, 1.807) is 24.5 Å². The van der Waals surface area contributed by atoms with Crippen LogP contribution in [0.5, 0.6) is 0 Å². The van der Waals surface area contributed by atoms with E-state index < -0.39 is 0 Å². The number of hydrogen-bond donors (Lipinski definition) is 1. The molecule has 0 spiro atoms. The van der Waals surface area contributed by atoms with Crippen LogP contribution in [0.3, 0.4) is 0 Å². The Bertz CT molecular complexity index is 538. The van der Waals surface area contributed by atoms with Gasteiger partial charge >= 0.3 is 5.97 Å². The normalized spacial score (nSPS) is 11.9. The third kappa shape index (κ3) is 3.39. The van der Waals surface area contributed by atoms with Crippen LogP contribution in [-0.4, -0.2) is 18.1 Å². The van der Waals surface area contributed by atoms with Crippen molar-refractivity contribution >= 4 is 5.97 Å². The Hall–Kier alpha value is -2.20. The van der Waals surface area contributed by atoms with Crippen molar-refractivity contribution in [1.29, 1.82) is 0 Å². The molecule has 1 unspecified atom stereocenters. The molecule has 0 amide bonds. The molecular weight excluding hydrogens is 240 g/mol. The predicted molar refractivity (Wildman–Crippen MR) is 72.7 cm³/mol. The Morgan fingerprint density at radius 3 is 2.63 bits per heavy atom. The summed E-state index contributed by atoms with van der Waals surface area (Å²) in [6.07, 6.45) is 4.20. The lowest BCUT2D eigenvalue weighted by Crippen LogP contribution is -2.13. The SMILES string of the molecule is COC(=O)c1ccc(CC(N)c2cccnc2)cc1. The lowest BCUT2D eigenvalue weighted by Gasteiger charge is -2.11. The summed E-state index contributed by atoms with van der Waals surface area (Å²) in [5.74, 6) is -0.330. The van der Waals surface area contributed by atoms with Crippen LogP contribution in [-0.2, 0) is 11.2 Å². The molecule has 4 nitrogen and oxygen atoms in total. The fraction of sp³-hybridized carbons (Fsp3) is 0.200. The number of pyridine rings is 1. The van der Waals surface area contributed by atoms with Crippen molar-refractivity contribution in [1.82, 2.24) is 4.98 Å². The van der Waals surface area contributed by atoms with E-state index in [1.165, 1.54) is 7.11 Å². The molecule has 0 aliphatic rings. The Labute approximate surface area is 112 Å². The first-order chi connectivity index (χ1) is 9.20. The van der Waals surface area contributed by atoms with Crippen LogP contribution < -0.4 is 5.73 Å². The van der Waals surface area contributed by atoms with Crippen molar-refractivity contribution in [2.75, 3.05) is 7.11 Å². The van der Waals surface area contributed by atoms with Gasteiger partial charge in [0.25, 0.3) is 0 Å². The summed E-state index contributed by atoms with van der Waals surface area (Å²) in [4.78, 5) is 15.4. The summed E-state index contributed by atoms with van der Waals surface area (Å²) in [6, 6.07) is 11.0. The summed E-state index contributed by atoms with van der Waals surface area (Å²) >= 11 is 0. The molecule has 19 heavy (non-hydrogen) atoms. The highest BCUT2D eigenvalue weighted by molar-refractivity contribution is 5.89. The third-order valence-corrected chi connectivity index (χ3v) is 2.94. The molecule has 2 rings (SSSR count). The van der Waals surface area contributed by atoms with E-state index in [0.29, 0.717) is 12.0 Å². The van der Waals surface area contributed by atoms with Gasteiger partial charge in [0.2, 0.25) is 0 Å². The number of rotatable bonds is 4. The quantitative estimate of drug-likeness (QED) is 0.851. The Balaban J connectivity index is 2.06. The van der Waals surface area contributed by atoms with Crippen molar-refractivity contribution in [3.8, 4) is 0 Å². The number of nitrogens with zero attached hydrogens (tertiary/aromatic N) is 1. The van der Waals surface area contributed by atoms with Crippen LogP contribution in [0, 0.1) is 0 Å². The second kappa shape index (κ2) is 6.11. The van der Waals surface area contributed by atoms with Gasteiger partial charge < -0.3 is 10.5 Å². The van der Waals surface area contributed by atoms with Crippen LogP contribution in [0.15, 0.2) is 48.8 Å². The van der Waals surface area contributed by atoms with Crippen molar-refractivity contribution in [3.63, 3.8) is 0 Å². The molecule has 1 aromatic carbocycles. The van der Waals surface area contributed by atoms with Gasteiger partial charge in [-0.1, -0.05) is 18.2 Å². The smallest absolute Gasteiger partial charge is 0.337 e. The molecule has 0 bridgehead atoms. The lowest BCUT2D eigenvalue weighted by atomic mass is 10.0. The first-order valence-electron chi connectivity index (χ1n) is 6.03. The van der Waals surface area contributed by atoms with E-state index in [2.05, 4.69) is 9.72 Å². The fourth-order valence-electron chi connectivity index (χ4n) is 1.86. The lowest BCUT2D eigenvalue weighted by molar-refractivity contribution is 0.0600. The first-order valence-corrected chi connectivity index (χ1v) is 6.03. The minimum Gasteiger partial charge on any atom is -0.465 e. The van der Waals surface area contributed by atoms with Crippen LogP contribution in [0.2, 0.25) is 0 Å². The second-order valence-corrected chi connectivity index (χ2v) is 4.29. The van der Waals surface area contributed by atoms with Gasteiger partial charge in [-0.2, -0.15) is 0 Å². The Kier molecular flexibility index (Phi) is 4.26. The van der Waals surface area contributed by atoms with Gasteiger partial charge in [-0.3, -0.25) is 4.98 Å². The molecule has 0 saturated heterocycles. The predicted octanol–water partition coefficient (Wildman–Crippen LogP) is 2.11. The van der Waals surface area contributed by atoms with Crippen molar-refractivity contribution in [3.05, 3.63) is 65.5 Å². The van der Waals surface area contributed by atoms with Crippen LogP contribution >= 0.6 is 0 Å². The summed E-state index contributed by atoms with van der Waals surface area (Å²) in [5, 5.41) is 0. The number of aromatic nitrogens is 1. The summed E-state index contributed by atoms with van der Waals surface area (Å²) < 4.78 is 4.65. The molecule has 0 fully saturated rings. The minimum atomic E-state index is -0.330. The maximum atomic E-state index is 11.3.